The van der Waals surface area contributed by atoms with Gasteiger partial charge in [-0.2, -0.15) is 0 Å². The molecule has 0 unspecified atom stereocenters. The van der Waals surface area contributed by atoms with Gasteiger partial charge in [0.05, 0.1) is 6.61 Å². The quantitative estimate of drug-likeness (QED) is 0.664. The highest BCUT2D eigenvalue weighted by molar-refractivity contribution is 5.94. The highest BCUT2D eigenvalue weighted by atomic mass is 16.7. The van der Waals surface area contributed by atoms with Crippen LogP contribution in [0.2, 0.25) is 0 Å². The van der Waals surface area contributed by atoms with E-state index in [0.717, 1.165) is 79.5 Å². The molecular formula is C25H31N3O4. The molecule has 0 aliphatic carbocycles. The SMILES string of the molecule is CN1CCN(CCCN(Cc2ccc3c(c2)OCO3)C(=O)c2ccc3c(c2)CCO3)CC1. The number of hydrogen-bond acceptors (Lipinski definition) is 6. The van der Waals surface area contributed by atoms with E-state index in [2.05, 4.69) is 16.8 Å². The Hall–Kier alpha value is -2.77. The molecule has 7 nitrogen and oxygen atoms in total. The first-order chi connectivity index (χ1) is 15.7. The van der Waals surface area contributed by atoms with Gasteiger partial charge in [-0.15, -0.1) is 0 Å². The summed E-state index contributed by atoms with van der Waals surface area (Å²) in [5, 5.41) is 0. The van der Waals surface area contributed by atoms with Crippen molar-refractivity contribution in [3.05, 3.63) is 53.1 Å². The number of ether oxygens (including phenoxy) is 3. The van der Waals surface area contributed by atoms with Crippen molar-refractivity contribution in [2.24, 2.45) is 0 Å². The number of rotatable bonds is 7. The lowest BCUT2D eigenvalue weighted by molar-refractivity contribution is 0.0728. The van der Waals surface area contributed by atoms with Crippen LogP contribution in [0.5, 0.6) is 17.2 Å². The van der Waals surface area contributed by atoms with Gasteiger partial charge in [-0.25, -0.2) is 0 Å². The summed E-state index contributed by atoms with van der Waals surface area (Å²) >= 11 is 0. The monoisotopic (exact) mass is 437 g/mol. The Morgan fingerprint density at radius 1 is 0.969 bits per heavy atom. The summed E-state index contributed by atoms with van der Waals surface area (Å²) < 4.78 is 16.6. The van der Waals surface area contributed by atoms with Crippen molar-refractivity contribution < 1.29 is 19.0 Å². The zero-order valence-electron chi connectivity index (χ0n) is 18.7. The van der Waals surface area contributed by atoms with Crippen molar-refractivity contribution in [3.63, 3.8) is 0 Å². The second-order valence-electron chi connectivity index (χ2n) is 8.83. The summed E-state index contributed by atoms with van der Waals surface area (Å²) in [4.78, 5) is 20.3. The average molecular weight is 438 g/mol. The zero-order valence-corrected chi connectivity index (χ0v) is 18.7. The highest BCUT2D eigenvalue weighted by Crippen LogP contribution is 2.33. The molecular weight excluding hydrogens is 406 g/mol. The number of fused-ring (bicyclic) bond motifs is 2. The first kappa shape index (κ1) is 21.1. The van der Waals surface area contributed by atoms with Crippen molar-refractivity contribution in [1.29, 1.82) is 0 Å². The lowest BCUT2D eigenvalue weighted by atomic mass is 10.1. The number of nitrogens with zero attached hydrogens (tertiary/aromatic N) is 3. The summed E-state index contributed by atoms with van der Waals surface area (Å²) in [6.45, 7) is 7.63. The fourth-order valence-corrected chi connectivity index (χ4v) is 4.57. The Morgan fingerprint density at radius 2 is 1.78 bits per heavy atom. The first-order valence-corrected chi connectivity index (χ1v) is 11.5. The minimum absolute atomic E-state index is 0.0655. The molecule has 2 aromatic rings. The maximum atomic E-state index is 13.5. The van der Waals surface area contributed by atoms with Crippen LogP contribution in [0.4, 0.5) is 0 Å². The summed E-state index contributed by atoms with van der Waals surface area (Å²) in [6.07, 6.45) is 1.82. The van der Waals surface area contributed by atoms with Gasteiger partial charge < -0.3 is 28.9 Å². The van der Waals surface area contributed by atoms with Crippen molar-refractivity contribution in [2.45, 2.75) is 19.4 Å². The van der Waals surface area contributed by atoms with Crippen molar-refractivity contribution >= 4 is 5.91 Å². The standard InChI is InChI=1S/C25H31N3O4/c1-26-10-12-27(13-11-26)8-2-9-28(17-19-3-5-23-24(15-19)32-18-31-23)25(29)21-4-6-22-20(16-21)7-14-30-22/h3-6,15-16H,2,7-14,17-18H2,1H3. The Morgan fingerprint density at radius 3 is 2.66 bits per heavy atom. The van der Waals surface area contributed by atoms with E-state index in [1.54, 1.807) is 0 Å². The molecule has 1 amide bonds. The second kappa shape index (κ2) is 9.38. The molecule has 3 aliphatic rings. The topological polar surface area (TPSA) is 54.5 Å². The minimum Gasteiger partial charge on any atom is -0.493 e. The molecule has 0 radical (unpaired) electrons. The van der Waals surface area contributed by atoms with E-state index in [-0.39, 0.29) is 12.7 Å². The largest absolute Gasteiger partial charge is 0.493 e. The molecule has 0 atom stereocenters. The number of hydrogen-bond donors (Lipinski definition) is 0. The summed E-state index contributed by atoms with van der Waals surface area (Å²) in [5.74, 6) is 2.48. The molecule has 1 fully saturated rings. The second-order valence-corrected chi connectivity index (χ2v) is 8.83. The third kappa shape index (κ3) is 4.69. The number of piperazine rings is 1. The number of amides is 1. The van der Waals surface area contributed by atoms with Gasteiger partial charge in [0, 0.05) is 51.3 Å². The molecule has 0 spiro atoms. The van der Waals surface area contributed by atoms with Gasteiger partial charge in [-0.05, 0) is 61.5 Å². The van der Waals surface area contributed by atoms with Gasteiger partial charge in [-0.3, -0.25) is 4.79 Å². The van der Waals surface area contributed by atoms with Crippen LogP contribution in [-0.2, 0) is 13.0 Å². The van der Waals surface area contributed by atoms with Gasteiger partial charge >= 0.3 is 0 Å². The Kier molecular flexibility index (Phi) is 6.19. The van der Waals surface area contributed by atoms with E-state index in [1.807, 2.05) is 41.3 Å². The van der Waals surface area contributed by atoms with Gasteiger partial charge in [0.25, 0.3) is 5.91 Å². The van der Waals surface area contributed by atoms with E-state index >= 15 is 0 Å². The van der Waals surface area contributed by atoms with Gasteiger partial charge in [0.1, 0.15) is 5.75 Å². The van der Waals surface area contributed by atoms with Crippen LogP contribution in [0.25, 0.3) is 0 Å². The van der Waals surface area contributed by atoms with Gasteiger partial charge in [0.2, 0.25) is 6.79 Å². The normalized spacial score (nSPS) is 17.8. The fraction of sp³-hybridized carbons (Fsp3) is 0.480. The van der Waals surface area contributed by atoms with E-state index in [4.69, 9.17) is 14.2 Å². The molecule has 0 aromatic heterocycles. The molecule has 32 heavy (non-hydrogen) atoms. The van der Waals surface area contributed by atoms with E-state index in [1.165, 1.54) is 0 Å². The van der Waals surface area contributed by atoms with E-state index in [0.29, 0.717) is 19.7 Å². The van der Waals surface area contributed by atoms with Crippen LogP contribution in [0.1, 0.15) is 27.9 Å². The van der Waals surface area contributed by atoms with Crippen LogP contribution in [-0.4, -0.2) is 80.3 Å². The molecule has 3 heterocycles. The molecule has 3 aliphatic heterocycles. The molecule has 7 heteroatoms. The third-order valence-electron chi connectivity index (χ3n) is 6.53. The first-order valence-electron chi connectivity index (χ1n) is 11.5. The zero-order chi connectivity index (χ0) is 21.9. The fourth-order valence-electron chi connectivity index (χ4n) is 4.57. The molecule has 0 N–H and O–H groups in total. The number of likely N-dealkylation sites (N-methyl/N-ethyl adjacent to an activating group) is 1. The van der Waals surface area contributed by atoms with Crippen LogP contribution in [0, 0.1) is 0 Å². The maximum Gasteiger partial charge on any atom is 0.254 e. The van der Waals surface area contributed by atoms with Crippen molar-refractivity contribution in [3.8, 4) is 17.2 Å². The molecule has 2 aromatic carbocycles. The summed E-state index contributed by atoms with van der Waals surface area (Å²) in [7, 11) is 2.17. The predicted octanol–water partition coefficient (Wildman–Crippen LogP) is 2.63. The van der Waals surface area contributed by atoms with Crippen LogP contribution in [0.3, 0.4) is 0 Å². The molecule has 5 rings (SSSR count). The lowest BCUT2D eigenvalue weighted by Gasteiger charge is -2.33. The molecule has 1 saturated heterocycles. The maximum absolute atomic E-state index is 13.5. The van der Waals surface area contributed by atoms with E-state index in [9.17, 15) is 4.79 Å². The van der Waals surface area contributed by atoms with Crippen molar-refractivity contribution in [1.82, 2.24) is 14.7 Å². The number of benzene rings is 2. The summed E-state index contributed by atoms with van der Waals surface area (Å²) in [5.41, 5.74) is 2.90. The number of carbonyl (C=O) groups is 1. The van der Waals surface area contributed by atoms with Gasteiger partial charge in [0.15, 0.2) is 11.5 Å². The number of carbonyl (C=O) groups excluding carboxylic acids is 1. The Balaban J connectivity index is 1.29. The molecule has 170 valence electrons. The van der Waals surface area contributed by atoms with Gasteiger partial charge in [-0.1, -0.05) is 6.07 Å². The van der Waals surface area contributed by atoms with Crippen LogP contribution >= 0.6 is 0 Å². The van der Waals surface area contributed by atoms with Crippen LogP contribution in [0.15, 0.2) is 36.4 Å². The predicted molar refractivity (Wildman–Crippen MR) is 122 cm³/mol. The van der Waals surface area contributed by atoms with E-state index < -0.39 is 0 Å². The molecule has 0 saturated carbocycles. The third-order valence-corrected chi connectivity index (χ3v) is 6.53. The average Bonchev–Trinajstić information content (AvgIpc) is 3.47. The minimum atomic E-state index is 0.0655. The summed E-state index contributed by atoms with van der Waals surface area (Å²) in [6, 6.07) is 11.7. The molecule has 0 bridgehead atoms. The van der Waals surface area contributed by atoms with Crippen molar-refractivity contribution in [2.75, 3.05) is 59.7 Å². The highest BCUT2D eigenvalue weighted by Gasteiger charge is 2.22. The van der Waals surface area contributed by atoms with Crippen LogP contribution < -0.4 is 14.2 Å². The Bertz CT molecular complexity index is 972. The Labute approximate surface area is 189 Å². The smallest absolute Gasteiger partial charge is 0.254 e. The lowest BCUT2D eigenvalue weighted by Crippen LogP contribution is -2.45.